The van der Waals surface area contributed by atoms with Crippen molar-refractivity contribution < 1.29 is 10.3 Å². The molecule has 0 aliphatic heterocycles. The van der Waals surface area contributed by atoms with Crippen LogP contribution in [0.4, 0.5) is 5.69 Å². The summed E-state index contributed by atoms with van der Waals surface area (Å²) in [5.41, 5.74) is 3.36. The Morgan fingerprint density at radius 1 is 1.46 bits per heavy atom. The van der Waals surface area contributed by atoms with E-state index in [0.717, 1.165) is 5.69 Å². The van der Waals surface area contributed by atoms with Crippen LogP contribution in [0.2, 0.25) is 5.02 Å². The molecule has 6 nitrogen and oxygen atoms in total. The Labute approximate surface area is 79.0 Å². The van der Waals surface area contributed by atoms with Crippen molar-refractivity contribution >= 4 is 17.3 Å². The maximum absolute atomic E-state index is 8.36. The Kier molecular flexibility index (Phi) is 5.33. The topological polar surface area (TPSA) is 101 Å². The summed E-state index contributed by atoms with van der Waals surface area (Å²) in [5.74, 6) is 5.11. The van der Waals surface area contributed by atoms with Crippen molar-refractivity contribution in [2.75, 3.05) is 5.43 Å². The van der Waals surface area contributed by atoms with Crippen LogP contribution in [0.15, 0.2) is 24.3 Å². The van der Waals surface area contributed by atoms with Gasteiger partial charge >= 0.3 is 0 Å². The van der Waals surface area contributed by atoms with Crippen LogP contribution in [-0.4, -0.2) is 10.3 Å². The summed E-state index contributed by atoms with van der Waals surface area (Å²) < 4.78 is 0. The normalized spacial score (nSPS) is 8.15. The summed E-state index contributed by atoms with van der Waals surface area (Å²) in [6.45, 7) is 0. The predicted octanol–water partition coefficient (Wildman–Crippen LogP) is 1.28. The van der Waals surface area contributed by atoms with Gasteiger partial charge in [-0.2, -0.15) is 0 Å². The molecular formula is C6H8ClN3O3. The number of nitrogens with two attached hydrogens (primary N) is 1. The zero-order valence-electron chi connectivity index (χ0n) is 6.48. The molecule has 7 heteroatoms. The van der Waals surface area contributed by atoms with Gasteiger partial charge in [-0.15, -0.1) is 10.1 Å². The lowest BCUT2D eigenvalue weighted by Crippen LogP contribution is -2.05. The van der Waals surface area contributed by atoms with Crippen LogP contribution in [-0.2, 0) is 0 Å². The Bertz CT molecular complexity index is 260. The summed E-state index contributed by atoms with van der Waals surface area (Å²) in [4.78, 5) is 8.36. The van der Waals surface area contributed by atoms with E-state index >= 15 is 0 Å². The third-order valence-electron chi connectivity index (χ3n) is 1.01. The Hall–Kier alpha value is -1.53. The third kappa shape index (κ3) is 6.85. The Morgan fingerprint density at radius 2 is 1.85 bits per heavy atom. The number of hydrogen-bond donors (Lipinski definition) is 3. The zero-order chi connectivity index (χ0) is 10.3. The lowest BCUT2D eigenvalue weighted by molar-refractivity contribution is -0.742. The van der Waals surface area contributed by atoms with Gasteiger partial charge in [0.15, 0.2) is 0 Å². The van der Waals surface area contributed by atoms with Gasteiger partial charge in [0.25, 0.3) is 5.09 Å². The molecule has 4 N–H and O–H groups in total. The van der Waals surface area contributed by atoms with E-state index in [1.807, 2.05) is 12.1 Å². The molecule has 0 atom stereocenters. The highest BCUT2D eigenvalue weighted by Crippen LogP contribution is 2.11. The van der Waals surface area contributed by atoms with Crippen LogP contribution in [0.5, 0.6) is 0 Å². The number of rotatable bonds is 1. The Balaban J connectivity index is 0.000000310. The second kappa shape index (κ2) is 6.04. The molecule has 0 amide bonds. The van der Waals surface area contributed by atoms with Crippen molar-refractivity contribution in [3.05, 3.63) is 39.4 Å². The smallest absolute Gasteiger partial charge is 0.291 e. The molecular weight excluding hydrogens is 198 g/mol. The lowest BCUT2D eigenvalue weighted by Gasteiger charge is -1.96. The first-order valence-corrected chi connectivity index (χ1v) is 3.49. The summed E-state index contributed by atoms with van der Waals surface area (Å²) in [6, 6.07) is 7.16. The lowest BCUT2D eigenvalue weighted by atomic mass is 10.3. The van der Waals surface area contributed by atoms with Crippen molar-refractivity contribution in [3.8, 4) is 0 Å². The van der Waals surface area contributed by atoms with E-state index < -0.39 is 5.09 Å². The van der Waals surface area contributed by atoms with E-state index in [1.54, 1.807) is 12.1 Å². The van der Waals surface area contributed by atoms with Gasteiger partial charge in [-0.05, 0) is 24.3 Å². The molecule has 0 spiro atoms. The minimum absolute atomic E-state index is 0.717. The van der Waals surface area contributed by atoms with Gasteiger partial charge in [0.2, 0.25) is 0 Å². The summed E-state index contributed by atoms with van der Waals surface area (Å²) in [7, 11) is 0. The number of benzene rings is 1. The molecule has 1 aromatic carbocycles. The molecule has 0 bridgehead atoms. The summed E-state index contributed by atoms with van der Waals surface area (Å²) in [5, 5.41) is 14.4. The quantitative estimate of drug-likeness (QED) is 0.364. The van der Waals surface area contributed by atoms with Gasteiger partial charge < -0.3 is 10.6 Å². The molecule has 0 aliphatic rings. The molecule has 13 heavy (non-hydrogen) atoms. The van der Waals surface area contributed by atoms with Gasteiger partial charge in [0.05, 0.1) is 0 Å². The maximum Gasteiger partial charge on any atom is 0.291 e. The first-order valence-electron chi connectivity index (χ1n) is 3.11. The largest absolute Gasteiger partial charge is 0.328 e. The van der Waals surface area contributed by atoms with Crippen molar-refractivity contribution in [1.82, 2.24) is 0 Å². The number of nitrogens with one attached hydrogen (secondary N) is 1. The number of hydrazine groups is 1. The number of anilines is 1. The monoisotopic (exact) mass is 205 g/mol. The van der Waals surface area contributed by atoms with Gasteiger partial charge in [0.1, 0.15) is 0 Å². The van der Waals surface area contributed by atoms with Crippen LogP contribution < -0.4 is 11.3 Å². The van der Waals surface area contributed by atoms with Gasteiger partial charge in [0, 0.05) is 10.7 Å². The second-order valence-electron chi connectivity index (χ2n) is 1.89. The van der Waals surface area contributed by atoms with E-state index in [1.165, 1.54) is 0 Å². The van der Waals surface area contributed by atoms with Crippen molar-refractivity contribution in [2.24, 2.45) is 5.84 Å². The van der Waals surface area contributed by atoms with Gasteiger partial charge in [-0.25, -0.2) is 0 Å². The highest BCUT2D eigenvalue weighted by atomic mass is 35.5. The highest BCUT2D eigenvalue weighted by Gasteiger charge is 1.85. The average Bonchev–Trinajstić information content (AvgIpc) is 2.05. The van der Waals surface area contributed by atoms with Crippen LogP contribution in [0.1, 0.15) is 0 Å². The third-order valence-corrected chi connectivity index (χ3v) is 1.26. The SMILES string of the molecule is NNc1ccc(Cl)cc1.O=[N+]([O-])O. The van der Waals surface area contributed by atoms with Gasteiger partial charge in [-0.3, -0.25) is 5.84 Å². The predicted molar refractivity (Wildman–Crippen MR) is 48.0 cm³/mol. The van der Waals surface area contributed by atoms with E-state index in [-0.39, 0.29) is 0 Å². The second-order valence-corrected chi connectivity index (χ2v) is 2.33. The molecule has 0 saturated heterocycles. The van der Waals surface area contributed by atoms with E-state index in [2.05, 4.69) is 5.43 Å². The molecule has 0 aromatic heterocycles. The molecule has 1 aromatic rings. The van der Waals surface area contributed by atoms with Crippen LogP contribution in [0.3, 0.4) is 0 Å². The fourth-order valence-electron chi connectivity index (χ4n) is 0.546. The average molecular weight is 206 g/mol. The fraction of sp³-hybridized carbons (Fsp3) is 0. The van der Waals surface area contributed by atoms with E-state index in [9.17, 15) is 0 Å². The maximum atomic E-state index is 8.36. The number of nitrogens with zero attached hydrogens (tertiary/aromatic N) is 1. The molecule has 0 aliphatic carbocycles. The first-order chi connectivity index (χ1) is 6.06. The van der Waals surface area contributed by atoms with Crippen LogP contribution >= 0.6 is 11.6 Å². The zero-order valence-corrected chi connectivity index (χ0v) is 7.23. The summed E-state index contributed by atoms with van der Waals surface area (Å²) in [6.07, 6.45) is 0. The molecule has 0 heterocycles. The molecule has 0 saturated carbocycles. The van der Waals surface area contributed by atoms with E-state index in [0.29, 0.717) is 5.02 Å². The molecule has 0 radical (unpaired) electrons. The summed E-state index contributed by atoms with van der Waals surface area (Å²) >= 11 is 5.60. The van der Waals surface area contributed by atoms with Crippen molar-refractivity contribution in [2.45, 2.75) is 0 Å². The minimum Gasteiger partial charge on any atom is -0.328 e. The van der Waals surface area contributed by atoms with Gasteiger partial charge in [-0.1, -0.05) is 11.6 Å². The minimum atomic E-state index is -1.50. The van der Waals surface area contributed by atoms with Crippen LogP contribution in [0, 0.1) is 10.1 Å². The highest BCUT2D eigenvalue weighted by molar-refractivity contribution is 6.30. The molecule has 1 rings (SSSR count). The number of halogens is 1. The molecule has 72 valence electrons. The Morgan fingerprint density at radius 3 is 2.15 bits per heavy atom. The van der Waals surface area contributed by atoms with Crippen molar-refractivity contribution in [1.29, 1.82) is 0 Å². The van der Waals surface area contributed by atoms with E-state index in [4.69, 9.17) is 32.8 Å². The molecule has 0 fully saturated rings. The fourth-order valence-corrected chi connectivity index (χ4v) is 0.672. The number of hydrogen-bond acceptors (Lipinski definition) is 4. The first kappa shape index (κ1) is 11.5. The standard InChI is InChI=1S/C6H7ClN2.HNO3/c7-5-1-3-6(9-8)4-2-5;2-1(3)4/h1-4,9H,8H2;(H,2,3,4). The van der Waals surface area contributed by atoms with Crippen LogP contribution in [0.25, 0.3) is 0 Å². The molecule has 0 unspecified atom stereocenters. The van der Waals surface area contributed by atoms with Crippen molar-refractivity contribution in [3.63, 3.8) is 0 Å². The number of nitrogen functional groups attached to an aromatic ring is 1.